The van der Waals surface area contributed by atoms with Crippen molar-refractivity contribution in [2.45, 2.75) is 25.3 Å². The van der Waals surface area contributed by atoms with Gasteiger partial charge in [-0.05, 0) is 31.5 Å². The van der Waals surface area contributed by atoms with Crippen molar-refractivity contribution < 1.29 is 18.4 Å². The molecule has 2 aliphatic rings. The molecule has 0 aromatic heterocycles. The van der Waals surface area contributed by atoms with Crippen LogP contribution in [-0.4, -0.2) is 35.8 Å². The Balaban J connectivity index is 1.96. The zero-order valence-electron chi connectivity index (χ0n) is 10.8. The number of imide groups is 1. The summed E-state index contributed by atoms with van der Waals surface area (Å²) in [5.41, 5.74) is -0.0868. The minimum absolute atomic E-state index is 0.0434. The standard InChI is InChI=1S/C14H14F2N2O2/c15-11-5-9-10(6-12(11)16)14(20)18(13(9)19)8-3-1-2-4-17-7-8/h5-6,8,17H,1-4,7H2. The van der Waals surface area contributed by atoms with Crippen LogP contribution in [-0.2, 0) is 0 Å². The summed E-state index contributed by atoms with van der Waals surface area (Å²) in [6.07, 6.45) is 2.61. The van der Waals surface area contributed by atoms with Crippen molar-refractivity contribution in [1.29, 1.82) is 0 Å². The Hall–Kier alpha value is -1.82. The molecule has 0 radical (unpaired) electrons. The first-order valence-electron chi connectivity index (χ1n) is 6.67. The number of fused-ring (bicyclic) bond motifs is 1. The van der Waals surface area contributed by atoms with Gasteiger partial charge in [0.25, 0.3) is 11.8 Å². The van der Waals surface area contributed by atoms with E-state index in [4.69, 9.17) is 0 Å². The van der Waals surface area contributed by atoms with E-state index in [1.165, 1.54) is 0 Å². The Kier molecular flexibility index (Phi) is 3.25. The van der Waals surface area contributed by atoms with Crippen molar-refractivity contribution in [2.24, 2.45) is 0 Å². The summed E-state index contributed by atoms with van der Waals surface area (Å²) in [6.45, 7) is 1.37. The molecular formula is C14H14F2N2O2. The molecule has 1 atom stereocenters. The molecular weight excluding hydrogens is 266 g/mol. The molecule has 2 amide bonds. The Labute approximate surface area is 114 Å². The highest BCUT2D eigenvalue weighted by molar-refractivity contribution is 6.21. The van der Waals surface area contributed by atoms with E-state index < -0.39 is 23.4 Å². The van der Waals surface area contributed by atoms with Gasteiger partial charge in [0.2, 0.25) is 0 Å². The molecule has 4 nitrogen and oxygen atoms in total. The van der Waals surface area contributed by atoms with Crippen LogP contribution in [0.25, 0.3) is 0 Å². The number of nitrogens with zero attached hydrogens (tertiary/aromatic N) is 1. The van der Waals surface area contributed by atoms with Gasteiger partial charge in [0.05, 0.1) is 17.2 Å². The fourth-order valence-corrected chi connectivity index (χ4v) is 2.81. The Bertz CT molecular complexity index is 540. The first-order valence-corrected chi connectivity index (χ1v) is 6.67. The van der Waals surface area contributed by atoms with Gasteiger partial charge in [0, 0.05) is 6.54 Å². The molecule has 6 heteroatoms. The fourth-order valence-electron chi connectivity index (χ4n) is 2.81. The number of carbonyl (C=O) groups is 2. The van der Waals surface area contributed by atoms with Gasteiger partial charge in [-0.2, -0.15) is 0 Å². The number of amides is 2. The van der Waals surface area contributed by atoms with Crippen molar-refractivity contribution in [3.8, 4) is 0 Å². The zero-order valence-corrected chi connectivity index (χ0v) is 10.8. The van der Waals surface area contributed by atoms with Crippen molar-refractivity contribution in [2.75, 3.05) is 13.1 Å². The van der Waals surface area contributed by atoms with Gasteiger partial charge in [-0.1, -0.05) is 6.42 Å². The predicted molar refractivity (Wildman–Crippen MR) is 67.4 cm³/mol. The smallest absolute Gasteiger partial charge is 0.261 e. The van der Waals surface area contributed by atoms with Crippen LogP contribution in [0.3, 0.4) is 0 Å². The van der Waals surface area contributed by atoms with E-state index in [0.717, 1.165) is 36.4 Å². The minimum Gasteiger partial charge on any atom is -0.315 e. The lowest BCUT2D eigenvalue weighted by molar-refractivity contribution is 0.0578. The van der Waals surface area contributed by atoms with Crippen LogP contribution in [0.5, 0.6) is 0 Å². The van der Waals surface area contributed by atoms with E-state index in [1.807, 2.05) is 0 Å². The molecule has 1 saturated heterocycles. The molecule has 1 aromatic carbocycles. The monoisotopic (exact) mass is 280 g/mol. The number of hydrogen-bond donors (Lipinski definition) is 1. The number of halogens is 2. The summed E-state index contributed by atoms with van der Waals surface area (Å²) in [6, 6.07) is 1.38. The van der Waals surface area contributed by atoms with Crippen LogP contribution in [0.2, 0.25) is 0 Å². The first kappa shape index (κ1) is 13.2. The van der Waals surface area contributed by atoms with E-state index in [1.54, 1.807) is 0 Å². The SMILES string of the molecule is O=C1c2cc(F)c(F)cc2C(=O)N1C1CCCCNC1. The predicted octanol–water partition coefficient (Wildman–Crippen LogP) is 1.70. The second-order valence-corrected chi connectivity index (χ2v) is 5.15. The highest BCUT2D eigenvalue weighted by Crippen LogP contribution is 2.28. The van der Waals surface area contributed by atoms with Gasteiger partial charge >= 0.3 is 0 Å². The summed E-state index contributed by atoms with van der Waals surface area (Å²) >= 11 is 0. The summed E-state index contributed by atoms with van der Waals surface area (Å²) in [5.74, 6) is -3.27. The molecule has 0 spiro atoms. The number of hydrogen-bond acceptors (Lipinski definition) is 3. The van der Waals surface area contributed by atoms with E-state index in [2.05, 4.69) is 5.32 Å². The Morgan fingerprint density at radius 2 is 1.65 bits per heavy atom. The third kappa shape index (κ3) is 2.00. The lowest BCUT2D eigenvalue weighted by atomic mass is 10.1. The van der Waals surface area contributed by atoms with Gasteiger partial charge in [-0.3, -0.25) is 14.5 Å². The lowest BCUT2D eigenvalue weighted by Crippen LogP contribution is -2.44. The Morgan fingerprint density at radius 1 is 1.05 bits per heavy atom. The quantitative estimate of drug-likeness (QED) is 0.797. The lowest BCUT2D eigenvalue weighted by Gasteiger charge is -2.24. The van der Waals surface area contributed by atoms with Gasteiger partial charge in [-0.25, -0.2) is 8.78 Å². The van der Waals surface area contributed by atoms with Crippen LogP contribution < -0.4 is 5.32 Å². The average Bonchev–Trinajstić information content (AvgIpc) is 2.65. The summed E-state index contributed by atoms with van der Waals surface area (Å²) in [5, 5.41) is 3.17. The molecule has 1 unspecified atom stereocenters. The van der Waals surface area contributed by atoms with Gasteiger partial charge < -0.3 is 5.32 Å². The molecule has 1 N–H and O–H groups in total. The normalized spacial score (nSPS) is 22.9. The van der Waals surface area contributed by atoms with Crippen LogP contribution in [0.15, 0.2) is 12.1 Å². The topological polar surface area (TPSA) is 49.4 Å². The maximum Gasteiger partial charge on any atom is 0.261 e. The van der Waals surface area contributed by atoms with Crippen LogP contribution in [0.1, 0.15) is 40.0 Å². The number of carbonyl (C=O) groups excluding carboxylic acids is 2. The maximum atomic E-state index is 13.2. The van der Waals surface area contributed by atoms with Crippen molar-refractivity contribution in [3.63, 3.8) is 0 Å². The second kappa shape index (κ2) is 4.94. The van der Waals surface area contributed by atoms with Crippen LogP contribution in [0, 0.1) is 11.6 Å². The highest BCUT2D eigenvalue weighted by Gasteiger charge is 2.40. The van der Waals surface area contributed by atoms with E-state index in [0.29, 0.717) is 13.0 Å². The van der Waals surface area contributed by atoms with Crippen molar-refractivity contribution in [1.82, 2.24) is 10.2 Å². The Morgan fingerprint density at radius 3 is 2.25 bits per heavy atom. The van der Waals surface area contributed by atoms with Crippen molar-refractivity contribution in [3.05, 3.63) is 34.9 Å². The first-order chi connectivity index (χ1) is 9.59. The maximum absolute atomic E-state index is 13.2. The van der Waals surface area contributed by atoms with Gasteiger partial charge in [-0.15, -0.1) is 0 Å². The summed E-state index contributed by atoms with van der Waals surface area (Å²) in [4.78, 5) is 25.7. The molecule has 2 aliphatic heterocycles. The number of nitrogens with one attached hydrogen (secondary N) is 1. The molecule has 20 heavy (non-hydrogen) atoms. The summed E-state index contributed by atoms with van der Waals surface area (Å²) < 4.78 is 26.5. The van der Waals surface area contributed by atoms with E-state index >= 15 is 0 Å². The highest BCUT2D eigenvalue weighted by atomic mass is 19.2. The second-order valence-electron chi connectivity index (χ2n) is 5.15. The molecule has 2 heterocycles. The molecule has 1 aromatic rings. The molecule has 106 valence electrons. The van der Waals surface area contributed by atoms with Gasteiger partial charge in [0.15, 0.2) is 11.6 Å². The minimum atomic E-state index is -1.11. The molecule has 0 saturated carbocycles. The van der Waals surface area contributed by atoms with E-state index in [-0.39, 0.29) is 17.2 Å². The van der Waals surface area contributed by atoms with Crippen LogP contribution >= 0.6 is 0 Å². The summed E-state index contributed by atoms with van der Waals surface area (Å²) in [7, 11) is 0. The number of benzene rings is 1. The third-order valence-corrected chi connectivity index (χ3v) is 3.84. The van der Waals surface area contributed by atoms with Crippen LogP contribution in [0.4, 0.5) is 8.78 Å². The average molecular weight is 280 g/mol. The fraction of sp³-hybridized carbons (Fsp3) is 0.429. The van der Waals surface area contributed by atoms with Crippen molar-refractivity contribution >= 4 is 11.8 Å². The third-order valence-electron chi connectivity index (χ3n) is 3.84. The molecule has 0 aliphatic carbocycles. The number of rotatable bonds is 1. The van der Waals surface area contributed by atoms with E-state index in [9.17, 15) is 18.4 Å². The largest absolute Gasteiger partial charge is 0.315 e. The van der Waals surface area contributed by atoms with Gasteiger partial charge in [0.1, 0.15) is 0 Å². The zero-order chi connectivity index (χ0) is 14.3. The molecule has 3 rings (SSSR count). The molecule has 1 fully saturated rings. The molecule has 0 bridgehead atoms.